The van der Waals surface area contributed by atoms with Crippen molar-refractivity contribution in [2.45, 2.75) is 6.92 Å². The molecule has 0 atom stereocenters. The molecule has 2 aromatic rings. The van der Waals surface area contributed by atoms with Crippen LogP contribution in [0, 0.1) is 6.92 Å². The van der Waals surface area contributed by atoms with E-state index in [2.05, 4.69) is 37.7 Å². The molecule has 0 saturated heterocycles. The Morgan fingerprint density at radius 2 is 2.29 bits per heavy atom. The average molecular weight is 289 g/mol. The van der Waals surface area contributed by atoms with Crippen molar-refractivity contribution < 1.29 is 0 Å². The largest absolute Gasteiger partial charge is 0.378 e. The van der Waals surface area contributed by atoms with Crippen LogP contribution in [0.2, 0.25) is 0 Å². The highest BCUT2D eigenvalue weighted by Crippen LogP contribution is 2.36. The first-order valence-electron chi connectivity index (χ1n) is 4.10. The van der Waals surface area contributed by atoms with E-state index in [1.54, 1.807) is 22.7 Å². The fourth-order valence-corrected chi connectivity index (χ4v) is 3.57. The van der Waals surface area contributed by atoms with Gasteiger partial charge in [-0.05, 0) is 28.9 Å². The van der Waals surface area contributed by atoms with Gasteiger partial charge in [0.05, 0.1) is 10.6 Å². The summed E-state index contributed by atoms with van der Waals surface area (Å²) in [6.45, 7) is 2.02. The Balaban J connectivity index is 2.42. The number of aryl methyl sites for hydroxylation is 1. The van der Waals surface area contributed by atoms with E-state index in [1.165, 1.54) is 4.88 Å². The third-order valence-corrected chi connectivity index (χ3v) is 4.84. The molecule has 0 bridgehead atoms. The topological polar surface area (TPSA) is 24.9 Å². The van der Waals surface area contributed by atoms with Crippen molar-refractivity contribution in [3.05, 3.63) is 21.6 Å². The quantitative estimate of drug-likeness (QED) is 0.904. The van der Waals surface area contributed by atoms with Gasteiger partial charge in [0, 0.05) is 16.9 Å². The molecule has 0 amide bonds. The maximum Gasteiger partial charge on any atom is 0.135 e. The summed E-state index contributed by atoms with van der Waals surface area (Å²) in [5.74, 6) is 0. The van der Waals surface area contributed by atoms with E-state index in [0.717, 1.165) is 20.2 Å². The van der Waals surface area contributed by atoms with E-state index in [1.807, 2.05) is 14.0 Å². The van der Waals surface area contributed by atoms with E-state index in [-0.39, 0.29) is 0 Å². The second-order valence-electron chi connectivity index (χ2n) is 2.81. The van der Waals surface area contributed by atoms with Gasteiger partial charge >= 0.3 is 0 Å². The lowest BCUT2D eigenvalue weighted by atomic mass is 10.5. The Morgan fingerprint density at radius 3 is 2.79 bits per heavy atom. The van der Waals surface area contributed by atoms with Crippen molar-refractivity contribution in [3.63, 3.8) is 0 Å². The summed E-state index contributed by atoms with van der Waals surface area (Å²) in [6.07, 6.45) is 0. The second-order valence-corrected chi connectivity index (χ2v) is 5.64. The Bertz CT molecular complexity index is 447. The number of anilines is 1. The summed E-state index contributed by atoms with van der Waals surface area (Å²) < 4.78 is 1.12. The number of aromatic nitrogens is 1. The molecule has 5 heteroatoms. The molecule has 2 rings (SSSR count). The first-order chi connectivity index (χ1) is 6.70. The molecule has 0 aliphatic rings. The van der Waals surface area contributed by atoms with Gasteiger partial charge in [-0.25, -0.2) is 4.98 Å². The molecular weight excluding hydrogens is 280 g/mol. The summed E-state index contributed by atoms with van der Waals surface area (Å²) in [6, 6.07) is 2.10. The predicted octanol–water partition coefficient (Wildman–Crippen LogP) is 3.98. The maximum atomic E-state index is 4.51. The number of halogens is 1. The molecule has 74 valence electrons. The van der Waals surface area contributed by atoms with E-state index in [0.29, 0.717) is 0 Å². The predicted molar refractivity (Wildman–Crippen MR) is 67.4 cm³/mol. The standard InChI is InChI=1S/C9H9BrN2S2/c1-5-8(11-2)14-9(12-5)7-3-6(10)4-13-7/h3-4,11H,1-2H3. The van der Waals surface area contributed by atoms with Crippen LogP contribution < -0.4 is 5.32 Å². The van der Waals surface area contributed by atoms with Crippen molar-refractivity contribution in [1.29, 1.82) is 0 Å². The van der Waals surface area contributed by atoms with Crippen LogP contribution in [-0.2, 0) is 0 Å². The Labute approximate surface area is 99.1 Å². The monoisotopic (exact) mass is 288 g/mol. The molecule has 2 aromatic heterocycles. The molecule has 0 aliphatic carbocycles. The van der Waals surface area contributed by atoms with Gasteiger partial charge in [0.2, 0.25) is 0 Å². The lowest BCUT2D eigenvalue weighted by molar-refractivity contribution is 1.26. The van der Waals surface area contributed by atoms with Crippen molar-refractivity contribution in [2.75, 3.05) is 12.4 Å². The summed E-state index contributed by atoms with van der Waals surface area (Å²) >= 11 is 6.85. The zero-order chi connectivity index (χ0) is 10.1. The van der Waals surface area contributed by atoms with Crippen LogP contribution in [0.4, 0.5) is 5.00 Å². The van der Waals surface area contributed by atoms with Gasteiger partial charge in [-0.15, -0.1) is 11.3 Å². The molecule has 14 heavy (non-hydrogen) atoms. The minimum atomic E-state index is 1.07. The zero-order valence-electron chi connectivity index (χ0n) is 7.80. The number of hydrogen-bond acceptors (Lipinski definition) is 4. The van der Waals surface area contributed by atoms with E-state index in [9.17, 15) is 0 Å². The number of nitrogens with zero attached hydrogens (tertiary/aromatic N) is 1. The van der Waals surface area contributed by atoms with Gasteiger partial charge in [-0.2, -0.15) is 0 Å². The zero-order valence-corrected chi connectivity index (χ0v) is 11.0. The molecule has 0 fully saturated rings. The Morgan fingerprint density at radius 1 is 1.50 bits per heavy atom. The summed E-state index contributed by atoms with van der Waals surface area (Å²) in [5.41, 5.74) is 1.07. The Kier molecular flexibility index (Phi) is 2.90. The number of rotatable bonds is 2. The third kappa shape index (κ3) is 1.85. The minimum Gasteiger partial charge on any atom is -0.378 e. The van der Waals surface area contributed by atoms with Gasteiger partial charge in [-0.1, -0.05) is 11.3 Å². The number of thiazole rings is 1. The van der Waals surface area contributed by atoms with Gasteiger partial charge in [0.25, 0.3) is 0 Å². The molecule has 0 aromatic carbocycles. The van der Waals surface area contributed by atoms with Crippen LogP contribution in [0.25, 0.3) is 9.88 Å². The summed E-state index contributed by atoms with van der Waals surface area (Å²) in [7, 11) is 1.93. The molecule has 0 aliphatic heterocycles. The molecule has 0 saturated carbocycles. The smallest absolute Gasteiger partial charge is 0.135 e. The fraction of sp³-hybridized carbons (Fsp3) is 0.222. The highest BCUT2D eigenvalue weighted by Gasteiger charge is 2.09. The molecule has 0 radical (unpaired) electrons. The molecular formula is C9H9BrN2S2. The normalized spacial score (nSPS) is 10.5. The van der Waals surface area contributed by atoms with E-state index >= 15 is 0 Å². The van der Waals surface area contributed by atoms with Crippen LogP contribution >= 0.6 is 38.6 Å². The number of thiophene rings is 1. The lowest BCUT2D eigenvalue weighted by Gasteiger charge is -1.90. The average Bonchev–Trinajstić information content (AvgIpc) is 2.71. The first-order valence-corrected chi connectivity index (χ1v) is 6.59. The summed E-state index contributed by atoms with van der Waals surface area (Å²) in [4.78, 5) is 5.72. The second kappa shape index (κ2) is 4.00. The van der Waals surface area contributed by atoms with Gasteiger partial charge in [0.1, 0.15) is 10.0 Å². The van der Waals surface area contributed by atoms with E-state index < -0.39 is 0 Å². The molecule has 2 nitrogen and oxygen atoms in total. The van der Waals surface area contributed by atoms with Crippen molar-refractivity contribution in [1.82, 2.24) is 4.98 Å². The van der Waals surface area contributed by atoms with Crippen LogP contribution in [0.3, 0.4) is 0 Å². The number of nitrogens with one attached hydrogen (secondary N) is 1. The molecule has 1 N–H and O–H groups in total. The highest BCUT2D eigenvalue weighted by molar-refractivity contribution is 9.10. The van der Waals surface area contributed by atoms with Crippen molar-refractivity contribution in [2.24, 2.45) is 0 Å². The fourth-order valence-electron chi connectivity index (χ4n) is 1.16. The minimum absolute atomic E-state index is 1.07. The number of hydrogen-bond donors (Lipinski definition) is 1. The first kappa shape index (κ1) is 10.1. The molecule has 0 spiro atoms. The molecule has 0 unspecified atom stereocenters. The van der Waals surface area contributed by atoms with E-state index in [4.69, 9.17) is 0 Å². The van der Waals surface area contributed by atoms with Gasteiger partial charge < -0.3 is 5.32 Å². The van der Waals surface area contributed by atoms with Crippen LogP contribution in [-0.4, -0.2) is 12.0 Å². The summed E-state index contributed by atoms with van der Waals surface area (Å²) in [5, 5.41) is 7.44. The third-order valence-electron chi connectivity index (χ3n) is 1.80. The Hall–Kier alpha value is -0.390. The highest BCUT2D eigenvalue weighted by atomic mass is 79.9. The maximum absolute atomic E-state index is 4.51. The van der Waals surface area contributed by atoms with Crippen molar-refractivity contribution >= 4 is 43.6 Å². The van der Waals surface area contributed by atoms with Crippen molar-refractivity contribution in [3.8, 4) is 9.88 Å². The SMILES string of the molecule is CNc1sc(-c2cc(Br)cs2)nc1C. The van der Waals surface area contributed by atoms with Crippen LogP contribution in [0.15, 0.2) is 15.9 Å². The lowest BCUT2D eigenvalue weighted by Crippen LogP contribution is -1.85. The van der Waals surface area contributed by atoms with Crippen LogP contribution in [0.5, 0.6) is 0 Å². The molecule has 2 heterocycles. The van der Waals surface area contributed by atoms with Gasteiger partial charge in [0.15, 0.2) is 0 Å². The van der Waals surface area contributed by atoms with Gasteiger partial charge in [-0.3, -0.25) is 0 Å². The van der Waals surface area contributed by atoms with Crippen LogP contribution in [0.1, 0.15) is 5.69 Å².